The van der Waals surface area contributed by atoms with Crippen LogP contribution < -0.4 is 5.32 Å². The molecule has 3 rings (SSSR count). The van der Waals surface area contributed by atoms with Crippen LogP contribution in [-0.4, -0.2) is 12.1 Å². The standard InChI is InChI=1S/C13H23N/c1-8(2)14-12-4-9-3-10-6-11(7-12)13(10)5-9/h8-14H,3-7H2,1-2H3/t9-,10?,11+,12-,13?/m1/s1. The molecule has 5 atom stereocenters. The molecule has 3 aliphatic rings. The second kappa shape index (κ2) is 3.23. The van der Waals surface area contributed by atoms with Crippen LogP contribution in [0.4, 0.5) is 0 Å². The fourth-order valence-corrected chi connectivity index (χ4v) is 4.43. The minimum Gasteiger partial charge on any atom is -0.312 e. The summed E-state index contributed by atoms with van der Waals surface area (Å²) in [5.41, 5.74) is 0. The van der Waals surface area contributed by atoms with Gasteiger partial charge in [-0.3, -0.25) is 0 Å². The van der Waals surface area contributed by atoms with Crippen molar-refractivity contribution in [1.29, 1.82) is 0 Å². The Morgan fingerprint density at radius 2 is 1.71 bits per heavy atom. The maximum Gasteiger partial charge on any atom is 0.00748 e. The number of hydrogen-bond donors (Lipinski definition) is 1. The van der Waals surface area contributed by atoms with Crippen LogP contribution in [0.15, 0.2) is 0 Å². The fourth-order valence-electron chi connectivity index (χ4n) is 4.43. The van der Waals surface area contributed by atoms with Crippen LogP contribution in [0, 0.1) is 23.7 Å². The van der Waals surface area contributed by atoms with Gasteiger partial charge in [0.25, 0.3) is 0 Å². The maximum atomic E-state index is 3.76. The Hall–Kier alpha value is -0.0400. The third kappa shape index (κ3) is 1.41. The topological polar surface area (TPSA) is 12.0 Å². The van der Waals surface area contributed by atoms with E-state index in [1.165, 1.54) is 12.8 Å². The first-order valence-electron chi connectivity index (χ1n) is 6.48. The molecule has 0 aromatic carbocycles. The zero-order valence-electron chi connectivity index (χ0n) is 9.50. The molecule has 0 aliphatic heterocycles. The van der Waals surface area contributed by atoms with Gasteiger partial charge in [-0.1, -0.05) is 13.8 Å². The van der Waals surface area contributed by atoms with Gasteiger partial charge in [-0.05, 0) is 55.8 Å². The minimum absolute atomic E-state index is 0.674. The van der Waals surface area contributed by atoms with E-state index in [-0.39, 0.29) is 0 Å². The van der Waals surface area contributed by atoms with Crippen molar-refractivity contribution in [1.82, 2.24) is 5.32 Å². The summed E-state index contributed by atoms with van der Waals surface area (Å²) in [6, 6.07) is 1.52. The van der Waals surface area contributed by atoms with Crippen molar-refractivity contribution in [3.63, 3.8) is 0 Å². The first-order chi connectivity index (χ1) is 6.72. The summed E-state index contributed by atoms with van der Waals surface area (Å²) in [6.07, 6.45) is 7.66. The van der Waals surface area contributed by atoms with Gasteiger partial charge in [0.05, 0.1) is 0 Å². The molecule has 0 radical (unpaired) electrons. The minimum atomic E-state index is 0.674. The van der Waals surface area contributed by atoms with Crippen LogP contribution in [0.3, 0.4) is 0 Å². The second-order valence-corrected chi connectivity index (χ2v) is 6.25. The average molecular weight is 193 g/mol. The third-order valence-electron chi connectivity index (χ3n) is 4.83. The van der Waals surface area contributed by atoms with Crippen LogP contribution in [0.2, 0.25) is 0 Å². The Balaban J connectivity index is 1.67. The van der Waals surface area contributed by atoms with E-state index in [1.807, 2.05) is 0 Å². The number of nitrogens with one attached hydrogen (secondary N) is 1. The highest BCUT2D eigenvalue weighted by Gasteiger charge is 2.50. The van der Waals surface area contributed by atoms with Gasteiger partial charge in [-0.2, -0.15) is 0 Å². The highest BCUT2D eigenvalue weighted by Crippen LogP contribution is 2.58. The SMILES string of the molecule is CC(C)N[C@@H]1C[C@H]2CC3C[C@@H](C1)C3C2. The van der Waals surface area contributed by atoms with Crippen LogP contribution in [0.1, 0.15) is 46.0 Å². The van der Waals surface area contributed by atoms with Gasteiger partial charge in [0, 0.05) is 12.1 Å². The molecule has 14 heavy (non-hydrogen) atoms. The summed E-state index contributed by atoms with van der Waals surface area (Å²) in [4.78, 5) is 0. The van der Waals surface area contributed by atoms with E-state index < -0.39 is 0 Å². The highest BCUT2D eigenvalue weighted by molar-refractivity contribution is 5.01. The monoisotopic (exact) mass is 193 g/mol. The van der Waals surface area contributed by atoms with Gasteiger partial charge in [0.2, 0.25) is 0 Å². The van der Waals surface area contributed by atoms with E-state index in [0.717, 1.165) is 29.7 Å². The normalized spacial score (nSPS) is 50.4. The Labute approximate surface area is 87.7 Å². The van der Waals surface area contributed by atoms with Crippen molar-refractivity contribution in [3.8, 4) is 0 Å². The average Bonchev–Trinajstić information content (AvgIpc) is 2.27. The first kappa shape index (κ1) is 9.21. The number of hydrogen-bond acceptors (Lipinski definition) is 1. The lowest BCUT2D eigenvalue weighted by molar-refractivity contribution is 0.0816. The molecule has 0 saturated heterocycles. The molecular weight excluding hydrogens is 170 g/mol. The molecule has 0 aromatic rings. The molecule has 80 valence electrons. The second-order valence-electron chi connectivity index (χ2n) is 6.25. The van der Waals surface area contributed by atoms with E-state index in [4.69, 9.17) is 0 Å². The Morgan fingerprint density at radius 1 is 0.929 bits per heavy atom. The maximum absolute atomic E-state index is 3.76. The number of rotatable bonds is 2. The summed E-state index contributed by atoms with van der Waals surface area (Å²) >= 11 is 0. The Bertz CT molecular complexity index is 219. The van der Waals surface area contributed by atoms with Gasteiger partial charge in [0.1, 0.15) is 0 Å². The smallest absolute Gasteiger partial charge is 0.00748 e. The molecule has 3 aliphatic carbocycles. The first-order valence-corrected chi connectivity index (χ1v) is 6.48. The van der Waals surface area contributed by atoms with Gasteiger partial charge in [-0.25, -0.2) is 0 Å². The van der Waals surface area contributed by atoms with E-state index in [2.05, 4.69) is 19.2 Å². The fraction of sp³-hybridized carbons (Fsp3) is 1.00. The molecular formula is C13H23N. The van der Waals surface area contributed by atoms with E-state index >= 15 is 0 Å². The molecule has 0 spiro atoms. The number of fused-ring (bicyclic) bond motifs is 1. The van der Waals surface area contributed by atoms with Crippen molar-refractivity contribution >= 4 is 0 Å². The zero-order chi connectivity index (χ0) is 9.71. The lowest BCUT2D eigenvalue weighted by Gasteiger charge is -2.43. The van der Waals surface area contributed by atoms with Crippen molar-refractivity contribution < 1.29 is 0 Å². The Kier molecular flexibility index (Phi) is 2.12. The summed E-state index contributed by atoms with van der Waals surface area (Å²) in [5.74, 6) is 4.49. The zero-order valence-corrected chi connectivity index (χ0v) is 9.50. The van der Waals surface area contributed by atoms with Crippen molar-refractivity contribution in [2.45, 2.75) is 58.0 Å². The molecule has 1 nitrogen and oxygen atoms in total. The molecule has 3 fully saturated rings. The summed E-state index contributed by atoms with van der Waals surface area (Å²) in [7, 11) is 0. The van der Waals surface area contributed by atoms with Gasteiger partial charge in [0.15, 0.2) is 0 Å². The van der Waals surface area contributed by atoms with E-state index in [1.54, 1.807) is 19.3 Å². The van der Waals surface area contributed by atoms with E-state index in [9.17, 15) is 0 Å². The summed E-state index contributed by atoms with van der Waals surface area (Å²) in [6.45, 7) is 4.57. The molecule has 2 unspecified atom stereocenters. The van der Waals surface area contributed by atoms with Crippen LogP contribution in [0.25, 0.3) is 0 Å². The molecule has 2 bridgehead atoms. The molecule has 0 aromatic heterocycles. The Morgan fingerprint density at radius 3 is 2.50 bits per heavy atom. The predicted octanol–water partition coefficient (Wildman–Crippen LogP) is 2.81. The van der Waals surface area contributed by atoms with Crippen LogP contribution in [0.5, 0.6) is 0 Å². The molecule has 0 heterocycles. The quantitative estimate of drug-likeness (QED) is 0.711. The molecule has 3 saturated carbocycles. The summed E-state index contributed by atoms with van der Waals surface area (Å²) < 4.78 is 0. The van der Waals surface area contributed by atoms with Crippen LogP contribution in [-0.2, 0) is 0 Å². The molecule has 1 heteroatoms. The van der Waals surface area contributed by atoms with Gasteiger partial charge < -0.3 is 5.32 Å². The lowest BCUT2D eigenvalue weighted by atomic mass is 9.64. The predicted molar refractivity (Wildman–Crippen MR) is 59.1 cm³/mol. The third-order valence-corrected chi connectivity index (χ3v) is 4.83. The van der Waals surface area contributed by atoms with Gasteiger partial charge in [-0.15, -0.1) is 0 Å². The van der Waals surface area contributed by atoms with Gasteiger partial charge >= 0.3 is 0 Å². The largest absolute Gasteiger partial charge is 0.312 e. The van der Waals surface area contributed by atoms with Crippen molar-refractivity contribution in [2.24, 2.45) is 23.7 Å². The van der Waals surface area contributed by atoms with E-state index in [0.29, 0.717) is 6.04 Å². The highest BCUT2D eigenvalue weighted by atomic mass is 14.9. The lowest BCUT2D eigenvalue weighted by Crippen LogP contribution is -2.42. The summed E-state index contributed by atoms with van der Waals surface area (Å²) in [5, 5.41) is 3.76. The van der Waals surface area contributed by atoms with Crippen LogP contribution >= 0.6 is 0 Å². The van der Waals surface area contributed by atoms with Crippen molar-refractivity contribution in [2.75, 3.05) is 0 Å². The molecule has 0 amide bonds. The van der Waals surface area contributed by atoms with Crippen molar-refractivity contribution in [3.05, 3.63) is 0 Å². The molecule has 1 N–H and O–H groups in total.